The van der Waals surface area contributed by atoms with E-state index in [9.17, 15) is 14.9 Å². The van der Waals surface area contributed by atoms with Gasteiger partial charge < -0.3 is 19.9 Å². The zero-order valence-electron chi connectivity index (χ0n) is 18.9. The van der Waals surface area contributed by atoms with Crippen molar-refractivity contribution >= 4 is 23.6 Å². The molecule has 0 saturated heterocycles. The number of para-hydroxylation sites is 1. The predicted molar refractivity (Wildman–Crippen MR) is 129 cm³/mol. The maximum absolute atomic E-state index is 12.7. The number of anilines is 1. The van der Waals surface area contributed by atoms with E-state index in [2.05, 4.69) is 5.32 Å². The number of nitriles is 1. The molecule has 0 spiro atoms. The Kier molecular flexibility index (Phi) is 8.03. The fraction of sp³-hybridized carbons (Fsp3) is 0.148. The molecule has 0 aromatic heterocycles. The Morgan fingerprint density at radius 3 is 2.29 bits per heavy atom. The van der Waals surface area contributed by atoms with Gasteiger partial charge in [0, 0.05) is 11.3 Å². The molecule has 0 aliphatic heterocycles. The first-order valence-corrected chi connectivity index (χ1v) is 10.6. The summed E-state index contributed by atoms with van der Waals surface area (Å²) in [6.45, 7) is 2.18. The highest BCUT2D eigenvalue weighted by molar-refractivity contribution is 6.09. The first-order chi connectivity index (χ1) is 16.4. The lowest BCUT2D eigenvalue weighted by Gasteiger charge is -2.14. The summed E-state index contributed by atoms with van der Waals surface area (Å²) >= 11 is 0. The number of carbonyl (C=O) groups excluding carboxylic acids is 1. The Morgan fingerprint density at radius 1 is 1.03 bits per heavy atom. The zero-order chi connectivity index (χ0) is 24.5. The van der Waals surface area contributed by atoms with Gasteiger partial charge in [0.1, 0.15) is 18.2 Å². The molecule has 172 valence electrons. The summed E-state index contributed by atoms with van der Waals surface area (Å²) in [6, 6.07) is 20.8. The molecule has 3 aromatic rings. The van der Waals surface area contributed by atoms with Gasteiger partial charge >= 0.3 is 5.97 Å². The van der Waals surface area contributed by atoms with Crippen LogP contribution in [0.2, 0.25) is 0 Å². The van der Waals surface area contributed by atoms with Gasteiger partial charge in [0.2, 0.25) is 0 Å². The topological polar surface area (TPSA) is 109 Å². The number of hydrogen-bond donors (Lipinski definition) is 2. The molecule has 0 saturated carbocycles. The number of carboxylic acids is 1. The largest absolute Gasteiger partial charge is 0.493 e. The molecule has 3 rings (SSSR count). The number of carboxylic acid groups (broad SMARTS) is 1. The lowest BCUT2D eigenvalue weighted by Crippen LogP contribution is -2.13. The van der Waals surface area contributed by atoms with Crippen molar-refractivity contribution in [2.75, 3.05) is 12.4 Å². The number of carbonyl (C=O) groups is 2. The summed E-state index contributed by atoms with van der Waals surface area (Å²) in [4.78, 5) is 23.7. The lowest BCUT2D eigenvalue weighted by atomic mass is 10.1. The molecule has 2 N–H and O–H groups in total. The van der Waals surface area contributed by atoms with Gasteiger partial charge in [-0.2, -0.15) is 5.26 Å². The number of amides is 1. The highest BCUT2D eigenvalue weighted by Crippen LogP contribution is 2.33. The number of aromatic carboxylic acids is 1. The molecule has 0 aliphatic carbocycles. The van der Waals surface area contributed by atoms with Crippen molar-refractivity contribution in [2.45, 2.75) is 20.0 Å². The van der Waals surface area contributed by atoms with E-state index in [-0.39, 0.29) is 17.7 Å². The van der Waals surface area contributed by atoms with Gasteiger partial charge in [-0.15, -0.1) is 0 Å². The van der Waals surface area contributed by atoms with Crippen molar-refractivity contribution < 1.29 is 24.2 Å². The molecule has 0 heterocycles. The summed E-state index contributed by atoms with van der Waals surface area (Å²) in [6.07, 6.45) is 2.33. The average Bonchev–Trinajstić information content (AvgIpc) is 2.86. The molecule has 3 aromatic carbocycles. The number of ether oxygens (including phenoxy) is 2. The fourth-order valence-electron chi connectivity index (χ4n) is 3.19. The normalized spacial score (nSPS) is 10.8. The summed E-state index contributed by atoms with van der Waals surface area (Å²) < 4.78 is 11.4. The van der Waals surface area contributed by atoms with E-state index in [0.717, 1.165) is 17.5 Å². The Labute approximate surface area is 197 Å². The smallest absolute Gasteiger partial charge is 0.335 e. The predicted octanol–water partition coefficient (Wildman–Crippen LogP) is 5.08. The Hall–Kier alpha value is -4.57. The third-order valence-electron chi connectivity index (χ3n) is 5.10. The van der Waals surface area contributed by atoms with Crippen LogP contribution in [0.4, 0.5) is 5.69 Å². The molecule has 0 unspecified atom stereocenters. The molecular formula is C27H24N2O5. The third kappa shape index (κ3) is 6.02. The quantitative estimate of drug-likeness (QED) is 0.343. The number of hydrogen-bond acceptors (Lipinski definition) is 5. The highest BCUT2D eigenvalue weighted by Gasteiger charge is 2.15. The van der Waals surface area contributed by atoms with Crippen molar-refractivity contribution in [2.24, 2.45) is 0 Å². The Balaban J connectivity index is 1.83. The van der Waals surface area contributed by atoms with E-state index >= 15 is 0 Å². The molecular weight excluding hydrogens is 432 g/mol. The van der Waals surface area contributed by atoms with Crippen LogP contribution in [0.3, 0.4) is 0 Å². The van der Waals surface area contributed by atoms with Gasteiger partial charge in [-0.25, -0.2) is 4.79 Å². The van der Waals surface area contributed by atoms with Gasteiger partial charge in [-0.1, -0.05) is 43.3 Å². The number of rotatable bonds is 9. The van der Waals surface area contributed by atoms with Crippen LogP contribution in [0.1, 0.15) is 34.0 Å². The third-order valence-corrected chi connectivity index (χ3v) is 5.10. The molecule has 0 atom stereocenters. The van der Waals surface area contributed by atoms with Crippen molar-refractivity contribution in [3.8, 4) is 17.6 Å². The van der Waals surface area contributed by atoms with Crippen LogP contribution in [0.5, 0.6) is 11.5 Å². The maximum atomic E-state index is 12.7. The molecule has 34 heavy (non-hydrogen) atoms. The summed E-state index contributed by atoms with van der Waals surface area (Å²) in [5.41, 5.74) is 3.07. The minimum atomic E-state index is -1.01. The first kappa shape index (κ1) is 24.1. The number of methoxy groups -OCH3 is 1. The van der Waals surface area contributed by atoms with Crippen LogP contribution in [0.25, 0.3) is 6.08 Å². The van der Waals surface area contributed by atoms with E-state index < -0.39 is 11.9 Å². The van der Waals surface area contributed by atoms with Crippen molar-refractivity contribution in [1.82, 2.24) is 0 Å². The fourth-order valence-corrected chi connectivity index (χ4v) is 3.19. The minimum Gasteiger partial charge on any atom is -0.493 e. The summed E-state index contributed by atoms with van der Waals surface area (Å²) in [7, 11) is 1.50. The Bertz CT molecular complexity index is 1240. The van der Waals surface area contributed by atoms with Gasteiger partial charge in [0.25, 0.3) is 5.91 Å². The number of aryl methyl sites for hydroxylation is 1. The second-order valence-electron chi connectivity index (χ2n) is 7.34. The highest BCUT2D eigenvalue weighted by atomic mass is 16.5. The SMILES string of the molecule is CCc1ccc(NC(=O)/C(C#N)=C\c2cccc(OC)c2OCc2ccc(C(=O)O)cc2)cc1. The van der Waals surface area contributed by atoms with Crippen molar-refractivity contribution in [1.29, 1.82) is 5.26 Å². The molecule has 0 bridgehead atoms. The molecule has 0 aliphatic rings. The average molecular weight is 456 g/mol. The molecule has 0 fully saturated rings. The minimum absolute atomic E-state index is 0.0940. The van der Waals surface area contributed by atoms with Gasteiger partial charge in [0.05, 0.1) is 12.7 Å². The number of nitrogens with zero attached hydrogens (tertiary/aromatic N) is 1. The van der Waals surface area contributed by atoms with E-state index in [0.29, 0.717) is 22.7 Å². The Morgan fingerprint density at radius 2 is 1.71 bits per heavy atom. The molecule has 1 amide bonds. The van der Waals surface area contributed by atoms with Crippen LogP contribution in [-0.4, -0.2) is 24.1 Å². The van der Waals surface area contributed by atoms with E-state index in [4.69, 9.17) is 14.6 Å². The van der Waals surface area contributed by atoms with Crippen molar-refractivity contribution in [3.05, 3.63) is 94.6 Å². The van der Waals surface area contributed by atoms with Crippen LogP contribution < -0.4 is 14.8 Å². The second-order valence-corrected chi connectivity index (χ2v) is 7.34. The summed E-state index contributed by atoms with van der Waals surface area (Å²) in [5, 5.41) is 21.4. The lowest BCUT2D eigenvalue weighted by molar-refractivity contribution is -0.112. The molecule has 0 radical (unpaired) electrons. The van der Waals surface area contributed by atoms with E-state index in [1.807, 2.05) is 25.1 Å². The van der Waals surface area contributed by atoms with Gasteiger partial charge in [-0.05, 0) is 54.0 Å². The second kappa shape index (κ2) is 11.3. The van der Waals surface area contributed by atoms with Gasteiger partial charge in [-0.3, -0.25) is 4.79 Å². The zero-order valence-corrected chi connectivity index (χ0v) is 18.9. The first-order valence-electron chi connectivity index (χ1n) is 10.6. The molecule has 7 nitrogen and oxygen atoms in total. The molecule has 7 heteroatoms. The van der Waals surface area contributed by atoms with Crippen molar-refractivity contribution in [3.63, 3.8) is 0 Å². The van der Waals surface area contributed by atoms with Crippen LogP contribution in [0.15, 0.2) is 72.3 Å². The monoisotopic (exact) mass is 456 g/mol. The van der Waals surface area contributed by atoms with Gasteiger partial charge in [0.15, 0.2) is 11.5 Å². The van der Waals surface area contributed by atoms with Crippen LogP contribution in [-0.2, 0) is 17.8 Å². The maximum Gasteiger partial charge on any atom is 0.335 e. The number of benzene rings is 3. The van der Waals surface area contributed by atoms with E-state index in [1.54, 1.807) is 42.5 Å². The van der Waals surface area contributed by atoms with Crippen LogP contribution >= 0.6 is 0 Å². The standard InChI is InChI=1S/C27H24N2O5/c1-3-18-9-13-23(14-10-18)29-26(30)22(16-28)15-21-5-4-6-24(33-2)25(21)34-17-19-7-11-20(12-8-19)27(31)32/h4-15H,3,17H2,1-2H3,(H,29,30)(H,31,32)/b22-15-. The number of nitrogens with one attached hydrogen (secondary N) is 1. The summed E-state index contributed by atoms with van der Waals surface area (Å²) in [5.74, 6) is -0.748. The van der Waals surface area contributed by atoms with E-state index in [1.165, 1.54) is 25.3 Å². The van der Waals surface area contributed by atoms with Crippen LogP contribution in [0, 0.1) is 11.3 Å².